The van der Waals surface area contributed by atoms with Crippen molar-refractivity contribution in [1.29, 1.82) is 0 Å². The fourth-order valence-corrected chi connectivity index (χ4v) is 1.58. The number of aromatic hydroxyl groups is 2. The Hall–Kier alpha value is -2.49. The fraction of sp³-hybridized carbons (Fsp3) is 0.0714. The van der Waals surface area contributed by atoms with Crippen molar-refractivity contribution in [3.8, 4) is 11.5 Å². The molecule has 0 spiro atoms. The lowest BCUT2D eigenvalue weighted by Crippen LogP contribution is -2.22. The second-order valence-corrected chi connectivity index (χ2v) is 3.86. The molecule has 0 aromatic heterocycles. The Morgan fingerprint density at radius 2 is 1.78 bits per heavy atom. The highest BCUT2D eigenvalue weighted by Crippen LogP contribution is 2.21. The largest absolute Gasteiger partial charge is 0.508 e. The van der Waals surface area contributed by atoms with Crippen LogP contribution in [0.1, 0.15) is 15.9 Å². The molecule has 4 heteroatoms. The van der Waals surface area contributed by atoms with Gasteiger partial charge in [-0.2, -0.15) is 0 Å². The number of phenols is 2. The SMILES string of the molecule is O=C(NCc1cc(O)ccc1O)c1ccccc1. The first-order valence-electron chi connectivity index (χ1n) is 5.51. The van der Waals surface area contributed by atoms with Crippen molar-refractivity contribution in [3.63, 3.8) is 0 Å². The highest BCUT2D eigenvalue weighted by atomic mass is 16.3. The van der Waals surface area contributed by atoms with Crippen molar-refractivity contribution in [3.05, 3.63) is 59.7 Å². The van der Waals surface area contributed by atoms with Crippen molar-refractivity contribution in [2.75, 3.05) is 0 Å². The normalized spacial score (nSPS) is 10.0. The van der Waals surface area contributed by atoms with Crippen LogP contribution in [0.25, 0.3) is 0 Å². The molecule has 4 nitrogen and oxygen atoms in total. The summed E-state index contributed by atoms with van der Waals surface area (Å²) in [7, 11) is 0. The van der Waals surface area contributed by atoms with E-state index in [9.17, 15) is 15.0 Å². The van der Waals surface area contributed by atoms with Crippen LogP contribution < -0.4 is 5.32 Å². The average molecular weight is 243 g/mol. The Balaban J connectivity index is 2.04. The summed E-state index contributed by atoms with van der Waals surface area (Å²) in [4.78, 5) is 11.8. The van der Waals surface area contributed by atoms with Crippen LogP contribution in [0.5, 0.6) is 11.5 Å². The van der Waals surface area contributed by atoms with E-state index in [0.29, 0.717) is 11.1 Å². The first-order valence-corrected chi connectivity index (χ1v) is 5.51. The molecule has 2 aromatic rings. The summed E-state index contributed by atoms with van der Waals surface area (Å²) in [5, 5.41) is 21.5. The molecular weight excluding hydrogens is 230 g/mol. The van der Waals surface area contributed by atoms with Gasteiger partial charge in [0.2, 0.25) is 0 Å². The van der Waals surface area contributed by atoms with Gasteiger partial charge in [0.15, 0.2) is 0 Å². The highest BCUT2D eigenvalue weighted by Gasteiger charge is 2.07. The quantitative estimate of drug-likeness (QED) is 0.722. The Morgan fingerprint density at radius 1 is 1.06 bits per heavy atom. The molecule has 0 saturated heterocycles. The molecule has 0 aliphatic carbocycles. The fourth-order valence-electron chi connectivity index (χ4n) is 1.58. The Labute approximate surface area is 105 Å². The monoisotopic (exact) mass is 243 g/mol. The number of carbonyl (C=O) groups is 1. The number of phenolic OH excluding ortho intramolecular Hbond substituents is 2. The zero-order chi connectivity index (χ0) is 13.0. The van der Waals surface area contributed by atoms with Crippen LogP contribution in [0.2, 0.25) is 0 Å². The lowest BCUT2D eigenvalue weighted by atomic mass is 10.1. The number of nitrogens with one attached hydrogen (secondary N) is 1. The maximum Gasteiger partial charge on any atom is 0.251 e. The van der Waals surface area contributed by atoms with Crippen LogP contribution in [0, 0.1) is 0 Å². The summed E-state index contributed by atoms with van der Waals surface area (Å²) in [6.07, 6.45) is 0. The van der Waals surface area contributed by atoms with E-state index in [1.54, 1.807) is 24.3 Å². The summed E-state index contributed by atoms with van der Waals surface area (Å²) < 4.78 is 0. The standard InChI is InChI=1S/C14H13NO3/c16-12-6-7-13(17)11(8-12)9-15-14(18)10-4-2-1-3-5-10/h1-8,16-17H,9H2,(H,15,18). The molecule has 1 amide bonds. The Morgan fingerprint density at radius 3 is 2.50 bits per heavy atom. The number of benzene rings is 2. The van der Waals surface area contributed by atoms with Crippen LogP contribution >= 0.6 is 0 Å². The minimum absolute atomic E-state index is 0.0427. The third-order valence-electron chi connectivity index (χ3n) is 2.54. The maximum absolute atomic E-state index is 11.8. The van der Waals surface area contributed by atoms with Gasteiger partial charge in [-0.05, 0) is 30.3 Å². The van der Waals surface area contributed by atoms with Gasteiger partial charge in [0, 0.05) is 17.7 Å². The minimum atomic E-state index is -0.224. The number of hydrogen-bond acceptors (Lipinski definition) is 3. The van der Waals surface area contributed by atoms with Gasteiger partial charge in [0.05, 0.1) is 0 Å². The van der Waals surface area contributed by atoms with Crippen LogP contribution in [0.4, 0.5) is 0 Å². The molecule has 0 bridgehead atoms. The molecule has 0 heterocycles. The number of carbonyl (C=O) groups excluding carboxylic acids is 1. The zero-order valence-corrected chi connectivity index (χ0v) is 9.63. The third kappa shape index (κ3) is 2.79. The van der Waals surface area contributed by atoms with E-state index < -0.39 is 0 Å². The number of hydrogen-bond donors (Lipinski definition) is 3. The molecule has 0 aliphatic heterocycles. The highest BCUT2D eigenvalue weighted by molar-refractivity contribution is 5.94. The average Bonchev–Trinajstić information content (AvgIpc) is 2.40. The van der Waals surface area contributed by atoms with E-state index in [-0.39, 0.29) is 24.0 Å². The molecule has 0 fully saturated rings. The van der Waals surface area contributed by atoms with Gasteiger partial charge in [0.1, 0.15) is 11.5 Å². The van der Waals surface area contributed by atoms with E-state index in [2.05, 4.69) is 5.32 Å². The third-order valence-corrected chi connectivity index (χ3v) is 2.54. The van der Waals surface area contributed by atoms with Gasteiger partial charge >= 0.3 is 0 Å². The summed E-state index contributed by atoms with van der Waals surface area (Å²) in [5.41, 5.74) is 1.02. The van der Waals surface area contributed by atoms with E-state index >= 15 is 0 Å². The molecule has 0 aliphatic rings. The predicted octanol–water partition coefficient (Wildman–Crippen LogP) is 2.03. The van der Waals surface area contributed by atoms with Crippen LogP contribution in [0.15, 0.2) is 48.5 Å². The molecular formula is C14H13NO3. The summed E-state index contributed by atoms with van der Waals surface area (Å²) in [6.45, 7) is 0.161. The minimum Gasteiger partial charge on any atom is -0.508 e. The first-order chi connectivity index (χ1) is 8.66. The second-order valence-electron chi connectivity index (χ2n) is 3.86. The van der Waals surface area contributed by atoms with Crippen LogP contribution in [-0.4, -0.2) is 16.1 Å². The van der Waals surface area contributed by atoms with Gasteiger partial charge in [-0.1, -0.05) is 18.2 Å². The van der Waals surface area contributed by atoms with Crippen molar-refractivity contribution in [1.82, 2.24) is 5.32 Å². The topological polar surface area (TPSA) is 69.6 Å². The second kappa shape index (κ2) is 5.23. The zero-order valence-electron chi connectivity index (χ0n) is 9.63. The van der Waals surface area contributed by atoms with Crippen molar-refractivity contribution >= 4 is 5.91 Å². The van der Waals surface area contributed by atoms with Crippen molar-refractivity contribution in [2.24, 2.45) is 0 Å². The summed E-state index contributed by atoms with van der Waals surface area (Å²) >= 11 is 0. The van der Waals surface area contributed by atoms with Gasteiger partial charge in [-0.25, -0.2) is 0 Å². The molecule has 2 aromatic carbocycles. The molecule has 3 N–H and O–H groups in total. The lowest BCUT2D eigenvalue weighted by Gasteiger charge is -2.07. The molecule has 92 valence electrons. The maximum atomic E-state index is 11.8. The van der Waals surface area contributed by atoms with Crippen LogP contribution in [-0.2, 0) is 6.54 Å². The lowest BCUT2D eigenvalue weighted by molar-refractivity contribution is 0.0950. The van der Waals surface area contributed by atoms with Gasteiger partial charge in [-0.15, -0.1) is 0 Å². The van der Waals surface area contributed by atoms with E-state index in [4.69, 9.17) is 0 Å². The van der Waals surface area contributed by atoms with Crippen molar-refractivity contribution < 1.29 is 15.0 Å². The molecule has 0 saturated carbocycles. The van der Waals surface area contributed by atoms with Crippen molar-refractivity contribution in [2.45, 2.75) is 6.54 Å². The summed E-state index contributed by atoms with van der Waals surface area (Å²) in [5.74, 6) is -0.128. The van der Waals surface area contributed by atoms with Crippen LogP contribution in [0.3, 0.4) is 0 Å². The van der Waals surface area contributed by atoms with E-state index in [1.807, 2.05) is 6.07 Å². The Kier molecular flexibility index (Phi) is 3.48. The molecule has 0 atom stereocenters. The van der Waals surface area contributed by atoms with Gasteiger partial charge in [0.25, 0.3) is 5.91 Å². The first kappa shape index (κ1) is 12.0. The molecule has 2 rings (SSSR count). The summed E-state index contributed by atoms with van der Waals surface area (Å²) in [6, 6.07) is 13.0. The predicted molar refractivity (Wildman–Crippen MR) is 67.4 cm³/mol. The number of rotatable bonds is 3. The Bertz CT molecular complexity index is 552. The van der Waals surface area contributed by atoms with Gasteiger partial charge in [-0.3, -0.25) is 4.79 Å². The number of amides is 1. The molecule has 0 unspecified atom stereocenters. The van der Waals surface area contributed by atoms with Gasteiger partial charge < -0.3 is 15.5 Å². The smallest absolute Gasteiger partial charge is 0.251 e. The van der Waals surface area contributed by atoms with E-state index in [0.717, 1.165) is 0 Å². The molecule has 18 heavy (non-hydrogen) atoms. The van der Waals surface area contributed by atoms with E-state index in [1.165, 1.54) is 18.2 Å². The molecule has 0 radical (unpaired) electrons.